The summed E-state index contributed by atoms with van der Waals surface area (Å²) in [5.41, 5.74) is 5.57. The van der Waals surface area contributed by atoms with Crippen molar-refractivity contribution in [2.45, 2.75) is 36.1 Å². The minimum atomic E-state index is 0.283. The summed E-state index contributed by atoms with van der Waals surface area (Å²) in [6.45, 7) is 5.71. The van der Waals surface area contributed by atoms with Gasteiger partial charge in [0.1, 0.15) is 0 Å². The van der Waals surface area contributed by atoms with Crippen LogP contribution in [0.1, 0.15) is 31.2 Å². The number of thioether (sulfide) groups is 1. The Morgan fingerprint density at radius 2 is 2.15 bits per heavy atom. The normalized spacial score (nSPS) is 26.6. The van der Waals surface area contributed by atoms with Gasteiger partial charge in [0.2, 0.25) is 0 Å². The van der Waals surface area contributed by atoms with E-state index in [9.17, 15) is 0 Å². The van der Waals surface area contributed by atoms with Gasteiger partial charge >= 0.3 is 0 Å². The van der Waals surface area contributed by atoms with Crippen LogP contribution in [0.25, 0.3) is 11.1 Å². The van der Waals surface area contributed by atoms with Crippen molar-refractivity contribution in [3.8, 4) is 11.1 Å². The zero-order chi connectivity index (χ0) is 17.9. The molecule has 3 aliphatic heterocycles. The van der Waals surface area contributed by atoms with Crippen molar-refractivity contribution in [1.29, 1.82) is 0 Å². The van der Waals surface area contributed by atoms with E-state index in [0.717, 1.165) is 36.0 Å². The predicted molar refractivity (Wildman–Crippen MR) is 113 cm³/mol. The molecule has 0 bridgehead atoms. The van der Waals surface area contributed by atoms with Gasteiger partial charge in [-0.15, -0.1) is 11.8 Å². The molecule has 0 amide bonds. The lowest BCUT2D eigenvalue weighted by Crippen LogP contribution is -2.56. The van der Waals surface area contributed by atoms with E-state index in [2.05, 4.69) is 29.3 Å². The van der Waals surface area contributed by atoms with Crippen molar-refractivity contribution in [2.75, 3.05) is 30.3 Å². The standard InChI is InChI=1S/C21H22Cl2N2S/c1-2-21-5-6-24-12-17(21)16-9-13(15-4-3-14(22)11-18(15)23)10-19-20(16)25(21)7-8-26-19/h3-4,9-11,17,24H,2,5-8,12H2,1H3. The second-order valence-corrected chi connectivity index (χ2v) is 9.48. The summed E-state index contributed by atoms with van der Waals surface area (Å²) in [6.07, 6.45) is 2.43. The van der Waals surface area contributed by atoms with Crippen LogP contribution in [0.15, 0.2) is 35.2 Å². The molecule has 1 saturated heterocycles. The number of anilines is 1. The second kappa shape index (κ2) is 6.34. The van der Waals surface area contributed by atoms with Gasteiger partial charge in [-0.25, -0.2) is 0 Å². The number of nitrogens with zero attached hydrogens (tertiary/aromatic N) is 1. The van der Waals surface area contributed by atoms with Crippen molar-refractivity contribution in [1.82, 2.24) is 5.32 Å². The first kappa shape index (κ1) is 17.2. The van der Waals surface area contributed by atoms with Gasteiger partial charge in [-0.2, -0.15) is 0 Å². The largest absolute Gasteiger partial charge is 0.363 e. The third-order valence-corrected chi connectivity index (χ3v) is 8.00. The molecular formula is C21H22Cl2N2S. The zero-order valence-corrected chi connectivity index (χ0v) is 17.1. The molecule has 2 nitrogen and oxygen atoms in total. The third-order valence-electron chi connectivity index (χ3n) is 6.45. The number of nitrogens with one attached hydrogen (secondary N) is 1. The number of benzene rings is 2. The molecule has 2 aromatic carbocycles. The quantitative estimate of drug-likeness (QED) is 0.679. The molecule has 0 aromatic heterocycles. The predicted octanol–water partition coefficient (Wildman–Crippen LogP) is 5.81. The van der Waals surface area contributed by atoms with Crippen molar-refractivity contribution >= 4 is 40.7 Å². The Labute approximate surface area is 169 Å². The first-order valence-corrected chi connectivity index (χ1v) is 11.1. The van der Waals surface area contributed by atoms with E-state index in [4.69, 9.17) is 23.2 Å². The number of rotatable bonds is 2. The highest BCUT2D eigenvalue weighted by molar-refractivity contribution is 7.99. The molecule has 3 heterocycles. The monoisotopic (exact) mass is 404 g/mol. The fourth-order valence-electron chi connectivity index (χ4n) is 5.23. The smallest absolute Gasteiger partial charge is 0.0546 e. The highest BCUT2D eigenvalue weighted by Crippen LogP contribution is 2.57. The van der Waals surface area contributed by atoms with E-state index in [1.54, 1.807) is 0 Å². The van der Waals surface area contributed by atoms with Gasteiger partial charge in [-0.3, -0.25) is 0 Å². The van der Waals surface area contributed by atoms with Crippen LogP contribution in [0.5, 0.6) is 0 Å². The molecule has 0 aliphatic carbocycles. The fraction of sp³-hybridized carbons (Fsp3) is 0.429. The maximum Gasteiger partial charge on any atom is 0.0546 e. The lowest BCUT2D eigenvalue weighted by atomic mass is 9.75. The van der Waals surface area contributed by atoms with Crippen molar-refractivity contribution in [3.05, 3.63) is 45.9 Å². The summed E-state index contributed by atoms with van der Waals surface area (Å²) in [6, 6.07) is 10.5. The molecule has 0 spiro atoms. The van der Waals surface area contributed by atoms with Gasteiger partial charge in [0.05, 0.1) is 5.69 Å². The van der Waals surface area contributed by atoms with Crippen LogP contribution in [0.4, 0.5) is 5.69 Å². The number of fused-ring (bicyclic) bond motifs is 3. The Morgan fingerprint density at radius 1 is 1.27 bits per heavy atom. The summed E-state index contributed by atoms with van der Waals surface area (Å²) >= 11 is 14.6. The van der Waals surface area contributed by atoms with Gasteiger partial charge in [0.15, 0.2) is 0 Å². The minimum absolute atomic E-state index is 0.283. The highest BCUT2D eigenvalue weighted by Gasteiger charge is 2.52. The second-order valence-electron chi connectivity index (χ2n) is 7.50. The lowest BCUT2D eigenvalue weighted by Gasteiger charge is -2.47. The van der Waals surface area contributed by atoms with Crippen molar-refractivity contribution in [3.63, 3.8) is 0 Å². The summed E-state index contributed by atoms with van der Waals surface area (Å²) < 4.78 is 0. The first-order chi connectivity index (χ1) is 12.6. The minimum Gasteiger partial charge on any atom is -0.363 e. The van der Waals surface area contributed by atoms with E-state index < -0.39 is 0 Å². The maximum atomic E-state index is 6.53. The van der Waals surface area contributed by atoms with Gasteiger partial charge in [-0.05, 0) is 54.8 Å². The molecule has 5 heteroatoms. The van der Waals surface area contributed by atoms with Gasteiger partial charge in [0.25, 0.3) is 0 Å². The molecule has 136 valence electrons. The molecule has 2 unspecified atom stereocenters. The van der Waals surface area contributed by atoms with Gasteiger partial charge in [0, 0.05) is 50.8 Å². The van der Waals surface area contributed by atoms with E-state index in [-0.39, 0.29) is 5.54 Å². The van der Waals surface area contributed by atoms with Crippen LogP contribution >= 0.6 is 35.0 Å². The van der Waals surface area contributed by atoms with E-state index in [0.29, 0.717) is 10.9 Å². The van der Waals surface area contributed by atoms with Crippen LogP contribution < -0.4 is 10.2 Å². The van der Waals surface area contributed by atoms with Crippen LogP contribution in [-0.2, 0) is 0 Å². The highest BCUT2D eigenvalue weighted by atomic mass is 35.5. The first-order valence-electron chi connectivity index (χ1n) is 9.38. The summed E-state index contributed by atoms with van der Waals surface area (Å²) in [5, 5.41) is 5.05. The average molecular weight is 405 g/mol. The van der Waals surface area contributed by atoms with Crippen LogP contribution in [0, 0.1) is 0 Å². The average Bonchev–Trinajstić information content (AvgIpc) is 2.94. The molecule has 2 aromatic rings. The molecule has 3 aliphatic rings. The Morgan fingerprint density at radius 3 is 2.96 bits per heavy atom. The topological polar surface area (TPSA) is 15.3 Å². The Bertz CT molecular complexity index is 885. The van der Waals surface area contributed by atoms with Gasteiger partial charge in [-0.1, -0.05) is 36.2 Å². The molecule has 5 rings (SSSR count). The Balaban J connectivity index is 1.71. The molecule has 2 atom stereocenters. The number of hydrogen-bond donors (Lipinski definition) is 1. The van der Waals surface area contributed by atoms with E-state index in [1.807, 2.05) is 30.0 Å². The van der Waals surface area contributed by atoms with E-state index in [1.165, 1.54) is 34.6 Å². The van der Waals surface area contributed by atoms with Gasteiger partial charge < -0.3 is 10.2 Å². The van der Waals surface area contributed by atoms with Crippen LogP contribution in [-0.4, -0.2) is 30.9 Å². The molecule has 1 fully saturated rings. The Hall–Kier alpha value is -0.870. The maximum absolute atomic E-state index is 6.53. The molecule has 0 saturated carbocycles. The van der Waals surface area contributed by atoms with Crippen molar-refractivity contribution < 1.29 is 0 Å². The molecule has 0 radical (unpaired) electrons. The lowest BCUT2D eigenvalue weighted by molar-refractivity contribution is 0.259. The van der Waals surface area contributed by atoms with Crippen molar-refractivity contribution in [2.24, 2.45) is 0 Å². The van der Waals surface area contributed by atoms with Crippen LogP contribution in [0.3, 0.4) is 0 Å². The third kappa shape index (κ3) is 2.37. The molecular weight excluding hydrogens is 383 g/mol. The summed E-state index contributed by atoms with van der Waals surface area (Å²) in [7, 11) is 0. The fourth-order valence-corrected chi connectivity index (χ4v) is 6.82. The summed E-state index contributed by atoms with van der Waals surface area (Å²) in [5.74, 6) is 1.71. The SMILES string of the molecule is CCC12CCNCC1c1cc(-c3ccc(Cl)cc3Cl)cc3c1N2CCS3. The zero-order valence-electron chi connectivity index (χ0n) is 14.8. The Kier molecular flexibility index (Phi) is 4.20. The van der Waals surface area contributed by atoms with E-state index >= 15 is 0 Å². The molecule has 26 heavy (non-hydrogen) atoms. The summed E-state index contributed by atoms with van der Waals surface area (Å²) in [4.78, 5) is 4.16. The number of piperidine rings is 1. The number of hydrogen-bond acceptors (Lipinski definition) is 3. The van der Waals surface area contributed by atoms with Crippen LogP contribution in [0.2, 0.25) is 10.0 Å². The number of halogens is 2. The molecule has 1 N–H and O–H groups in total.